The highest BCUT2D eigenvalue weighted by molar-refractivity contribution is 7.47. The lowest BCUT2D eigenvalue weighted by Crippen LogP contribution is -1.81. The molecule has 0 radical (unpaired) electrons. The molecule has 2 heteroatoms. The predicted octanol–water partition coefficient (Wildman–Crippen LogP) is 2.71. The molecule has 0 aromatic carbocycles. The van der Waals surface area contributed by atoms with Crippen LogP contribution in [0, 0.1) is 5.92 Å². The van der Waals surface area contributed by atoms with Crippen molar-refractivity contribution in [3.63, 3.8) is 0 Å². The lowest BCUT2D eigenvalue weighted by Gasteiger charge is -1.95. The van der Waals surface area contributed by atoms with Gasteiger partial charge >= 0.3 is 0 Å². The minimum absolute atomic E-state index is 0.761. The minimum atomic E-state index is 0.761. The van der Waals surface area contributed by atoms with E-state index in [9.17, 15) is 0 Å². The Morgan fingerprint density at radius 1 is 1.40 bits per heavy atom. The summed E-state index contributed by atoms with van der Waals surface area (Å²) in [6, 6.07) is 0. The number of hydrogen-bond donors (Lipinski definition) is 0. The first-order valence-corrected chi connectivity index (χ1v) is 4.08. The van der Waals surface area contributed by atoms with Crippen LogP contribution in [-0.4, -0.2) is 6.54 Å². The van der Waals surface area contributed by atoms with Gasteiger partial charge in [0.25, 0.3) is 0 Å². The number of allylic oxidation sites excluding steroid dienone is 1. The molecule has 0 aliphatic carbocycles. The van der Waals surface area contributed by atoms with Gasteiger partial charge in [0.05, 0.1) is 6.54 Å². The van der Waals surface area contributed by atoms with Gasteiger partial charge in [0.15, 0.2) is 0 Å². The molecule has 0 fully saturated rings. The van der Waals surface area contributed by atoms with Gasteiger partial charge < -0.3 is 0 Å². The summed E-state index contributed by atoms with van der Waals surface area (Å²) in [6.45, 7) is 5.20. The Morgan fingerprint density at radius 3 is 2.60 bits per heavy atom. The first-order chi connectivity index (χ1) is 4.77. The van der Waals surface area contributed by atoms with Gasteiger partial charge in [-0.2, -0.15) is 0 Å². The second-order valence-electron chi connectivity index (χ2n) is 2.74. The summed E-state index contributed by atoms with van der Waals surface area (Å²) < 4.78 is 3.58. The van der Waals surface area contributed by atoms with Gasteiger partial charge in [0.2, 0.25) is 0 Å². The molecule has 0 bridgehead atoms. The van der Waals surface area contributed by atoms with E-state index in [1.165, 1.54) is 0 Å². The summed E-state index contributed by atoms with van der Waals surface area (Å²) in [4.78, 5) is 0. The summed E-state index contributed by atoms with van der Waals surface area (Å²) >= 11 is 4.44. The van der Waals surface area contributed by atoms with E-state index in [-0.39, 0.29) is 0 Å². The molecular formula is C8H15NS. The molecule has 0 heterocycles. The predicted molar refractivity (Wildman–Crippen MR) is 47.9 cm³/mol. The SMILES string of the molecule is CC(C)C/C=C\CCN=S. The van der Waals surface area contributed by atoms with Crippen LogP contribution in [0.25, 0.3) is 0 Å². The molecule has 0 aromatic rings. The van der Waals surface area contributed by atoms with Gasteiger partial charge in [0, 0.05) is 12.4 Å². The Morgan fingerprint density at radius 2 is 2.10 bits per heavy atom. The van der Waals surface area contributed by atoms with Crippen molar-refractivity contribution in [2.45, 2.75) is 26.7 Å². The average molecular weight is 157 g/mol. The second-order valence-corrected chi connectivity index (χ2v) is 3.00. The van der Waals surface area contributed by atoms with Crippen molar-refractivity contribution in [2.24, 2.45) is 10.3 Å². The van der Waals surface area contributed by atoms with Crippen molar-refractivity contribution in [2.75, 3.05) is 6.54 Å². The summed E-state index contributed by atoms with van der Waals surface area (Å²) in [5.74, 6) is 0.761. The zero-order chi connectivity index (χ0) is 7.82. The second kappa shape index (κ2) is 6.87. The molecule has 0 rings (SSSR count). The third kappa shape index (κ3) is 7.76. The van der Waals surface area contributed by atoms with Crippen molar-refractivity contribution in [1.29, 1.82) is 0 Å². The molecule has 0 saturated carbocycles. The smallest absolute Gasteiger partial charge is 0.0555 e. The third-order valence-electron chi connectivity index (χ3n) is 1.16. The van der Waals surface area contributed by atoms with Crippen LogP contribution >= 0.6 is 0 Å². The Kier molecular flexibility index (Phi) is 6.71. The van der Waals surface area contributed by atoms with Crippen LogP contribution in [0.15, 0.2) is 16.5 Å². The zero-order valence-electron chi connectivity index (χ0n) is 6.71. The average Bonchev–Trinajstić information content (AvgIpc) is 1.87. The standard InChI is InChI=1S/C8H15NS/c1-8(2)6-4-3-5-7-9-10/h3-4,8H,5-7H2,1-2H3/b4-3-. The molecule has 0 unspecified atom stereocenters. The van der Waals surface area contributed by atoms with Gasteiger partial charge in [-0.3, -0.25) is 0 Å². The fourth-order valence-corrected chi connectivity index (χ4v) is 0.719. The molecule has 10 heavy (non-hydrogen) atoms. The molecule has 0 saturated heterocycles. The number of rotatable bonds is 5. The van der Waals surface area contributed by atoms with Crippen LogP contribution < -0.4 is 0 Å². The van der Waals surface area contributed by atoms with Gasteiger partial charge in [-0.05, 0) is 18.8 Å². The minimum Gasteiger partial charge on any atom is -0.219 e. The molecule has 0 aromatic heterocycles. The summed E-state index contributed by atoms with van der Waals surface area (Å²) in [5, 5.41) is 0. The number of nitrogens with zero attached hydrogens (tertiary/aromatic N) is 1. The Balaban J connectivity index is 3.11. The largest absolute Gasteiger partial charge is 0.219 e. The fraction of sp³-hybridized carbons (Fsp3) is 0.750. The van der Waals surface area contributed by atoms with Crippen LogP contribution in [0.4, 0.5) is 0 Å². The van der Waals surface area contributed by atoms with Gasteiger partial charge in [-0.15, -0.1) is 0 Å². The first-order valence-electron chi connectivity index (χ1n) is 3.71. The third-order valence-corrected chi connectivity index (χ3v) is 1.34. The Labute approximate surface area is 68.7 Å². The molecule has 0 amide bonds. The lowest BCUT2D eigenvalue weighted by atomic mass is 10.1. The van der Waals surface area contributed by atoms with Crippen molar-refractivity contribution in [3.05, 3.63) is 12.2 Å². The number of hydrogen-bond acceptors (Lipinski definition) is 2. The lowest BCUT2D eigenvalue weighted by molar-refractivity contribution is 0.662. The van der Waals surface area contributed by atoms with Gasteiger partial charge in [-0.25, -0.2) is 4.36 Å². The van der Waals surface area contributed by atoms with Crippen LogP contribution in [-0.2, 0) is 12.4 Å². The van der Waals surface area contributed by atoms with Crippen LogP contribution in [0.5, 0.6) is 0 Å². The van der Waals surface area contributed by atoms with E-state index in [4.69, 9.17) is 0 Å². The molecular weight excluding hydrogens is 142 g/mol. The molecule has 0 aliphatic heterocycles. The van der Waals surface area contributed by atoms with Crippen LogP contribution in [0.1, 0.15) is 26.7 Å². The van der Waals surface area contributed by atoms with Crippen molar-refractivity contribution in [3.8, 4) is 0 Å². The monoisotopic (exact) mass is 157 g/mol. The summed E-state index contributed by atoms with van der Waals surface area (Å²) in [6.07, 6.45) is 6.51. The molecule has 1 nitrogen and oxygen atoms in total. The maximum absolute atomic E-state index is 4.44. The van der Waals surface area contributed by atoms with E-state index in [1.807, 2.05) is 0 Å². The van der Waals surface area contributed by atoms with Crippen molar-refractivity contribution < 1.29 is 0 Å². The van der Waals surface area contributed by atoms with E-state index >= 15 is 0 Å². The first kappa shape index (κ1) is 9.76. The molecule has 0 spiro atoms. The van der Waals surface area contributed by atoms with Crippen molar-refractivity contribution in [1.82, 2.24) is 0 Å². The fourth-order valence-electron chi connectivity index (χ4n) is 0.613. The molecule has 0 atom stereocenters. The quantitative estimate of drug-likeness (QED) is 0.441. The summed E-state index contributed by atoms with van der Waals surface area (Å²) in [7, 11) is 0. The topological polar surface area (TPSA) is 12.4 Å². The van der Waals surface area contributed by atoms with E-state index in [0.29, 0.717) is 0 Å². The highest BCUT2D eigenvalue weighted by Gasteiger charge is 1.85. The molecule has 0 aliphatic rings. The van der Waals surface area contributed by atoms with E-state index in [0.717, 1.165) is 25.3 Å². The maximum atomic E-state index is 4.44. The van der Waals surface area contributed by atoms with Crippen LogP contribution in [0.2, 0.25) is 0 Å². The highest BCUT2D eigenvalue weighted by Crippen LogP contribution is 2.00. The maximum Gasteiger partial charge on any atom is 0.0555 e. The van der Waals surface area contributed by atoms with Gasteiger partial charge in [0.1, 0.15) is 0 Å². The van der Waals surface area contributed by atoms with Crippen LogP contribution in [0.3, 0.4) is 0 Å². The normalized spacial score (nSPS) is 11.1. The zero-order valence-corrected chi connectivity index (χ0v) is 7.53. The van der Waals surface area contributed by atoms with E-state index in [1.54, 1.807) is 0 Å². The van der Waals surface area contributed by atoms with Gasteiger partial charge in [-0.1, -0.05) is 26.0 Å². The Bertz CT molecular complexity index is 108. The Hall–Kier alpha value is -0.240. The van der Waals surface area contributed by atoms with E-state index < -0.39 is 0 Å². The van der Waals surface area contributed by atoms with Crippen molar-refractivity contribution >= 4 is 12.4 Å². The molecule has 0 N–H and O–H groups in total. The highest BCUT2D eigenvalue weighted by atomic mass is 32.1. The molecule has 58 valence electrons. The van der Waals surface area contributed by atoms with E-state index in [2.05, 4.69) is 42.8 Å². The summed E-state index contributed by atoms with van der Waals surface area (Å²) in [5.41, 5.74) is 0.